The van der Waals surface area contributed by atoms with Crippen molar-refractivity contribution in [3.05, 3.63) is 11.6 Å². The first-order valence-electron chi connectivity index (χ1n) is 17.3. The van der Waals surface area contributed by atoms with Gasteiger partial charge in [-0.1, -0.05) is 46.3 Å². The molecule has 0 aromatic heterocycles. The van der Waals surface area contributed by atoms with E-state index in [-0.39, 0.29) is 47.0 Å². The van der Waals surface area contributed by atoms with Crippen LogP contribution in [0.25, 0.3) is 0 Å². The highest BCUT2D eigenvalue weighted by Crippen LogP contribution is 2.87. The average molecular weight is 582 g/mol. The van der Waals surface area contributed by atoms with E-state index in [9.17, 15) is 14.7 Å². The number of carbonyl (C=O) groups is 2. The molecule has 2 saturated heterocycles. The number of likely N-dealkylation sites (tertiary alicyclic amines) is 1. The molecule has 2 amide bonds. The van der Waals surface area contributed by atoms with Crippen molar-refractivity contribution >= 4 is 11.8 Å². The van der Waals surface area contributed by atoms with Gasteiger partial charge in [0.05, 0.1) is 24.4 Å². The van der Waals surface area contributed by atoms with Gasteiger partial charge in [-0.15, -0.1) is 0 Å². The number of hydrogen-bond donors (Lipinski definition) is 3. The minimum atomic E-state index is -0.238. The van der Waals surface area contributed by atoms with Crippen molar-refractivity contribution in [1.29, 1.82) is 0 Å². The summed E-state index contributed by atoms with van der Waals surface area (Å²) in [5.41, 5.74) is 2.45. The lowest BCUT2D eigenvalue weighted by Gasteiger charge is -2.50. The number of rotatable bonds is 6. The molecule has 7 heteroatoms. The molecule has 234 valence electrons. The molecule has 6 fully saturated rings. The molecule has 4 saturated carbocycles. The van der Waals surface area contributed by atoms with Crippen LogP contribution in [0, 0.1) is 45.8 Å². The lowest BCUT2D eigenvalue weighted by Crippen LogP contribution is -2.55. The molecule has 2 heterocycles. The number of ether oxygens (including phenoxy) is 1. The van der Waals surface area contributed by atoms with Crippen LogP contribution >= 0.6 is 0 Å². The molecule has 7 nitrogen and oxygen atoms in total. The summed E-state index contributed by atoms with van der Waals surface area (Å²) in [4.78, 5) is 26.5. The number of allylic oxidation sites excluding steroid dienone is 1. The molecule has 12 atom stereocenters. The van der Waals surface area contributed by atoms with Crippen LogP contribution in [0.15, 0.2) is 11.6 Å². The minimum Gasteiger partial charge on any atom is -0.389 e. The van der Waals surface area contributed by atoms with Gasteiger partial charge < -0.3 is 20.5 Å². The Morgan fingerprint density at radius 2 is 1.90 bits per heavy atom. The Morgan fingerprint density at radius 3 is 2.69 bits per heavy atom. The topological polar surface area (TPSA) is 90.9 Å². The van der Waals surface area contributed by atoms with E-state index in [1.54, 1.807) is 12.5 Å². The Bertz CT molecular complexity index is 1160. The number of fused-ring (bicyclic) bond motifs is 6. The van der Waals surface area contributed by atoms with Gasteiger partial charge in [0.25, 0.3) is 0 Å². The Kier molecular flexibility index (Phi) is 7.00. The molecule has 0 bridgehead atoms. The molecule has 3 N–H and O–H groups in total. The first-order valence-corrected chi connectivity index (χ1v) is 17.3. The van der Waals surface area contributed by atoms with Crippen molar-refractivity contribution in [2.75, 3.05) is 26.2 Å². The Labute approximate surface area is 253 Å². The molecule has 2 unspecified atom stereocenters. The predicted octanol–water partition coefficient (Wildman–Crippen LogP) is 4.44. The maximum atomic E-state index is 12.3. The fourth-order valence-corrected chi connectivity index (χ4v) is 12.5. The quantitative estimate of drug-likeness (QED) is 0.404. The van der Waals surface area contributed by atoms with E-state index in [0.717, 1.165) is 50.1 Å². The fourth-order valence-electron chi connectivity index (χ4n) is 12.5. The van der Waals surface area contributed by atoms with Crippen molar-refractivity contribution in [1.82, 2.24) is 15.5 Å². The van der Waals surface area contributed by atoms with E-state index in [0.29, 0.717) is 36.3 Å². The van der Waals surface area contributed by atoms with Gasteiger partial charge in [0.15, 0.2) is 0 Å². The molecule has 2 spiro atoms. The molecule has 0 aromatic carbocycles. The smallest absolute Gasteiger partial charge is 0.239 e. The van der Waals surface area contributed by atoms with Crippen LogP contribution < -0.4 is 10.6 Å². The minimum absolute atomic E-state index is 0.0509. The number of aliphatic hydroxyl groups excluding tert-OH is 1. The fraction of sp³-hybridized carbons (Fsp3) is 0.886. The van der Waals surface area contributed by atoms with Crippen molar-refractivity contribution in [3.8, 4) is 0 Å². The van der Waals surface area contributed by atoms with Crippen LogP contribution in [0.3, 0.4) is 0 Å². The van der Waals surface area contributed by atoms with Crippen molar-refractivity contribution in [2.45, 2.75) is 123 Å². The molecule has 2 aliphatic heterocycles. The van der Waals surface area contributed by atoms with Crippen molar-refractivity contribution < 1.29 is 19.4 Å². The summed E-state index contributed by atoms with van der Waals surface area (Å²) in [6.07, 6.45) is 13.6. The third kappa shape index (κ3) is 4.00. The van der Waals surface area contributed by atoms with E-state index in [4.69, 9.17) is 4.74 Å². The van der Waals surface area contributed by atoms with Crippen LogP contribution in [0.2, 0.25) is 0 Å². The van der Waals surface area contributed by atoms with Gasteiger partial charge in [-0.05, 0) is 92.3 Å². The van der Waals surface area contributed by atoms with Gasteiger partial charge >= 0.3 is 0 Å². The van der Waals surface area contributed by atoms with E-state index in [2.05, 4.69) is 49.3 Å². The van der Waals surface area contributed by atoms with Gasteiger partial charge in [0, 0.05) is 43.4 Å². The number of nitrogens with one attached hydrogen (secondary N) is 2. The predicted molar refractivity (Wildman–Crippen MR) is 162 cm³/mol. The van der Waals surface area contributed by atoms with Crippen LogP contribution in [0.5, 0.6) is 0 Å². The summed E-state index contributed by atoms with van der Waals surface area (Å²) >= 11 is 0. The largest absolute Gasteiger partial charge is 0.389 e. The molecule has 0 aromatic rings. The molecule has 7 aliphatic rings. The second-order valence-electron chi connectivity index (χ2n) is 16.2. The molecule has 42 heavy (non-hydrogen) atoms. The van der Waals surface area contributed by atoms with Crippen molar-refractivity contribution in [3.63, 3.8) is 0 Å². The second-order valence-corrected chi connectivity index (χ2v) is 16.2. The monoisotopic (exact) mass is 581 g/mol. The Hall–Kier alpha value is -1.44. The summed E-state index contributed by atoms with van der Waals surface area (Å²) in [5.74, 6) is 3.27. The summed E-state index contributed by atoms with van der Waals surface area (Å²) in [6, 6.07) is 0.402. The third-order valence-corrected chi connectivity index (χ3v) is 14.5. The standard InChI is InChI=1S/C35H55N3O4/c1-6-29(40)37-18-30(41)36-13-14-38-19-21(2)15-28-31(38)22(3)35(42-28)12-10-26-25-8-7-23-16-24(39)9-11-32(23,4)27(25)17-34(26)20-33(34,35)5/h16,21-22,24-28,31,39H,6-15,17-20H2,1-5H3,(H,36,41)(H,37,40)/t21-,22+,24-,25-,26-,27-,28+,31-,32-,33?,34?,35+/m0/s1. The maximum absolute atomic E-state index is 12.3. The van der Waals surface area contributed by atoms with Gasteiger partial charge in [0.1, 0.15) is 0 Å². The van der Waals surface area contributed by atoms with Gasteiger partial charge in [-0.25, -0.2) is 0 Å². The van der Waals surface area contributed by atoms with Crippen LogP contribution in [0.1, 0.15) is 98.8 Å². The highest BCUT2D eigenvalue weighted by Gasteiger charge is 2.84. The van der Waals surface area contributed by atoms with Crippen LogP contribution in [-0.4, -0.2) is 71.9 Å². The normalized spacial score (nSPS) is 50.6. The highest BCUT2D eigenvalue weighted by molar-refractivity contribution is 5.84. The number of amides is 2. The van der Waals surface area contributed by atoms with Gasteiger partial charge in [-0.3, -0.25) is 14.5 Å². The Morgan fingerprint density at radius 1 is 1.10 bits per heavy atom. The number of piperidine rings is 1. The third-order valence-electron chi connectivity index (χ3n) is 14.5. The second kappa shape index (κ2) is 10.0. The molecular weight excluding hydrogens is 526 g/mol. The zero-order valence-corrected chi connectivity index (χ0v) is 26.7. The van der Waals surface area contributed by atoms with Gasteiger partial charge in [-0.2, -0.15) is 0 Å². The van der Waals surface area contributed by atoms with E-state index in [1.165, 1.54) is 38.5 Å². The SMILES string of the molecule is CCC(=O)NCC(=O)NCCN1C[C@@H](C)C[C@H]2O[C@]3(CC[C@H]4[C@@H]5CCC6=C[C@@H](O)CC[C@]6(C)[C@H]5CC45CC53C)[C@H](C)[C@@H]21. The lowest BCUT2D eigenvalue weighted by molar-refractivity contribution is -0.148. The average Bonchev–Trinajstić information content (AvgIpc) is 3.29. The number of nitrogens with zero attached hydrogens (tertiary/aromatic N) is 1. The van der Waals surface area contributed by atoms with Crippen LogP contribution in [0.4, 0.5) is 0 Å². The van der Waals surface area contributed by atoms with Crippen LogP contribution in [-0.2, 0) is 14.3 Å². The number of aliphatic hydroxyl groups is 1. The molecule has 0 radical (unpaired) electrons. The first-order chi connectivity index (χ1) is 20.0. The molecule has 7 rings (SSSR count). The van der Waals surface area contributed by atoms with E-state index < -0.39 is 0 Å². The maximum Gasteiger partial charge on any atom is 0.239 e. The summed E-state index contributed by atoms with van der Waals surface area (Å²) in [6.45, 7) is 14.4. The summed E-state index contributed by atoms with van der Waals surface area (Å²) in [5, 5.41) is 16.1. The number of carbonyl (C=O) groups excluding carboxylic acids is 2. The molecular formula is C35H55N3O4. The van der Waals surface area contributed by atoms with Crippen molar-refractivity contribution in [2.24, 2.45) is 45.8 Å². The van der Waals surface area contributed by atoms with Gasteiger partial charge in [0.2, 0.25) is 11.8 Å². The van der Waals surface area contributed by atoms with E-state index in [1.807, 2.05) is 0 Å². The summed E-state index contributed by atoms with van der Waals surface area (Å²) < 4.78 is 7.45. The number of hydrogen-bond acceptors (Lipinski definition) is 5. The lowest BCUT2D eigenvalue weighted by atomic mass is 9.56. The first kappa shape index (κ1) is 29.3. The zero-order valence-electron chi connectivity index (χ0n) is 26.7. The zero-order chi connectivity index (χ0) is 29.7. The highest BCUT2D eigenvalue weighted by atomic mass is 16.5. The summed E-state index contributed by atoms with van der Waals surface area (Å²) in [7, 11) is 0. The van der Waals surface area contributed by atoms with E-state index >= 15 is 0 Å². The Balaban J connectivity index is 1.08. The molecule has 5 aliphatic carbocycles.